The van der Waals surface area contributed by atoms with E-state index >= 15 is 0 Å². The molecule has 0 radical (unpaired) electrons. The highest BCUT2D eigenvalue weighted by atomic mass is 16.3. The van der Waals surface area contributed by atoms with Crippen LogP contribution >= 0.6 is 0 Å². The van der Waals surface area contributed by atoms with Crippen molar-refractivity contribution in [2.45, 2.75) is 90.1 Å². The summed E-state index contributed by atoms with van der Waals surface area (Å²) in [5.74, 6) is 0.315. The first-order valence-electron chi connectivity index (χ1n) is 10.8. The van der Waals surface area contributed by atoms with Gasteiger partial charge in [0.2, 0.25) is 0 Å². The number of hydrogen-bond acceptors (Lipinski definition) is 2. The van der Waals surface area contributed by atoms with E-state index in [1.54, 1.807) is 12.1 Å². The Morgan fingerprint density at radius 1 is 0.750 bits per heavy atom. The van der Waals surface area contributed by atoms with E-state index < -0.39 is 5.60 Å². The molecular weight excluding hydrogens is 344 g/mol. The molecule has 1 atom stereocenters. The number of phenolic OH excluding ortho intramolecular Hbond substituents is 1. The third kappa shape index (κ3) is 7.31. The standard InChI is InChI=1S/C26H38O2/c1-5-6-18-26(28,19-8-7-9-21-12-16-24(27)17-13-21)20-22-10-14-23(15-11-22)25(2,3)4/h10-17,27-28H,5-9,18-20H2,1-4H3. The van der Waals surface area contributed by atoms with Gasteiger partial charge < -0.3 is 10.2 Å². The van der Waals surface area contributed by atoms with Crippen molar-refractivity contribution in [1.29, 1.82) is 0 Å². The average molecular weight is 383 g/mol. The first-order valence-corrected chi connectivity index (χ1v) is 10.8. The third-order valence-corrected chi connectivity index (χ3v) is 5.64. The van der Waals surface area contributed by atoms with E-state index in [-0.39, 0.29) is 5.41 Å². The minimum absolute atomic E-state index is 0.158. The summed E-state index contributed by atoms with van der Waals surface area (Å²) in [4.78, 5) is 0. The molecule has 2 heteroatoms. The van der Waals surface area contributed by atoms with Crippen LogP contribution in [0.2, 0.25) is 0 Å². The highest BCUT2D eigenvalue weighted by molar-refractivity contribution is 5.28. The molecule has 0 fully saturated rings. The summed E-state index contributed by atoms with van der Waals surface area (Å²) < 4.78 is 0. The Balaban J connectivity index is 1.93. The lowest BCUT2D eigenvalue weighted by atomic mass is 9.82. The highest BCUT2D eigenvalue weighted by Crippen LogP contribution is 2.28. The molecule has 154 valence electrons. The smallest absolute Gasteiger partial charge is 0.115 e. The summed E-state index contributed by atoms with van der Waals surface area (Å²) >= 11 is 0. The molecule has 2 aromatic carbocycles. The van der Waals surface area contributed by atoms with Gasteiger partial charge in [-0.3, -0.25) is 0 Å². The molecule has 0 aliphatic heterocycles. The fourth-order valence-corrected chi connectivity index (χ4v) is 3.76. The minimum atomic E-state index is -0.617. The number of aromatic hydroxyl groups is 1. The second-order valence-electron chi connectivity index (χ2n) is 9.33. The molecule has 0 aromatic heterocycles. The Kier molecular flexibility index (Phi) is 8.12. The molecule has 0 heterocycles. The number of aryl methyl sites for hydroxylation is 1. The summed E-state index contributed by atoms with van der Waals surface area (Å²) in [7, 11) is 0. The number of aliphatic hydroxyl groups is 1. The van der Waals surface area contributed by atoms with Crippen LogP contribution in [0.15, 0.2) is 48.5 Å². The van der Waals surface area contributed by atoms with Crippen molar-refractivity contribution in [3.05, 3.63) is 65.2 Å². The molecule has 1 unspecified atom stereocenters. The Hall–Kier alpha value is -1.80. The molecule has 0 amide bonds. The van der Waals surface area contributed by atoms with Crippen molar-refractivity contribution in [2.24, 2.45) is 0 Å². The maximum absolute atomic E-state index is 11.3. The molecule has 2 aromatic rings. The van der Waals surface area contributed by atoms with E-state index in [0.717, 1.165) is 51.4 Å². The first-order chi connectivity index (χ1) is 13.2. The molecule has 2 rings (SSSR count). The van der Waals surface area contributed by atoms with Crippen molar-refractivity contribution in [1.82, 2.24) is 0 Å². The number of unbranched alkanes of at least 4 members (excludes halogenated alkanes) is 2. The molecule has 2 nitrogen and oxygen atoms in total. The molecule has 0 aliphatic carbocycles. The van der Waals surface area contributed by atoms with Crippen LogP contribution in [-0.2, 0) is 18.3 Å². The van der Waals surface area contributed by atoms with E-state index in [2.05, 4.69) is 52.0 Å². The van der Waals surface area contributed by atoms with E-state index in [1.807, 2.05) is 12.1 Å². The van der Waals surface area contributed by atoms with Gasteiger partial charge in [-0.25, -0.2) is 0 Å². The SMILES string of the molecule is CCCCC(O)(CCCCc1ccc(O)cc1)Cc1ccc(C(C)(C)C)cc1. The summed E-state index contributed by atoms with van der Waals surface area (Å²) in [6, 6.07) is 16.2. The van der Waals surface area contributed by atoms with E-state index in [9.17, 15) is 10.2 Å². The van der Waals surface area contributed by atoms with Crippen LogP contribution in [0.1, 0.15) is 82.9 Å². The molecule has 0 saturated carbocycles. The monoisotopic (exact) mass is 382 g/mol. The van der Waals surface area contributed by atoms with Gasteiger partial charge in [0, 0.05) is 6.42 Å². The van der Waals surface area contributed by atoms with Crippen LogP contribution in [0.4, 0.5) is 0 Å². The molecule has 28 heavy (non-hydrogen) atoms. The van der Waals surface area contributed by atoms with Crippen LogP contribution in [0.5, 0.6) is 5.75 Å². The second kappa shape index (κ2) is 10.1. The molecular formula is C26H38O2. The van der Waals surface area contributed by atoms with Gasteiger partial charge in [0.05, 0.1) is 5.60 Å². The van der Waals surface area contributed by atoms with Gasteiger partial charge in [-0.1, -0.05) is 83.4 Å². The summed E-state index contributed by atoms with van der Waals surface area (Å²) in [5, 5.41) is 20.7. The number of rotatable bonds is 10. The van der Waals surface area contributed by atoms with Crippen LogP contribution in [0.3, 0.4) is 0 Å². The van der Waals surface area contributed by atoms with Crippen molar-refractivity contribution in [2.75, 3.05) is 0 Å². The largest absolute Gasteiger partial charge is 0.508 e. The topological polar surface area (TPSA) is 40.5 Å². The summed E-state index contributed by atoms with van der Waals surface area (Å²) in [6.07, 6.45) is 7.67. The van der Waals surface area contributed by atoms with Gasteiger partial charge in [-0.05, 0) is 59.9 Å². The Morgan fingerprint density at radius 3 is 1.89 bits per heavy atom. The molecule has 0 spiro atoms. The lowest BCUT2D eigenvalue weighted by Crippen LogP contribution is -2.31. The molecule has 2 N–H and O–H groups in total. The van der Waals surface area contributed by atoms with Crippen LogP contribution in [-0.4, -0.2) is 15.8 Å². The zero-order valence-corrected chi connectivity index (χ0v) is 18.2. The van der Waals surface area contributed by atoms with Gasteiger partial charge in [0.15, 0.2) is 0 Å². The van der Waals surface area contributed by atoms with Gasteiger partial charge >= 0.3 is 0 Å². The van der Waals surface area contributed by atoms with Crippen LogP contribution < -0.4 is 0 Å². The predicted molar refractivity (Wildman–Crippen MR) is 119 cm³/mol. The summed E-state index contributed by atoms with van der Waals surface area (Å²) in [6.45, 7) is 8.87. The predicted octanol–water partition coefficient (Wildman–Crippen LogP) is 6.57. The number of benzene rings is 2. The average Bonchev–Trinajstić information content (AvgIpc) is 2.65. The van der Waals surface area contributed by atoms with E-state index in [4.69, 9.17) is 0 Å². The third-order valence-electron chi connectivity index (χ3n) is 5.64. The van der Waals surface area contributed by atoms with Gasteiger partial charge in [-0.15, -0.1) is 0 Å². The van der Waals surface area contributed by atoms with E-state index in [1.165, 1.54) is 16.7 Å². The van der Waals surface area contributed by atoms with Gasteiger partial charge in [-0.2, -0.15) is 0 Å². The quantitative estimate of drug-likeness (QED) is 0.456. The Labute approximate surface area is 171 Å². The molecule has 0 saturated heterocycles. The Morgan fingerprint density at radius 2 is 1.32 bits per heavy atom. The lowest BCUT2D eigenvalue weighted by molar-refractivity contribution is 0.0186. The maximum Gasteiger partial charge on any atom is 0.115 e. The van der Waals surface area contributed by atoms with Crippen LogP contribution in [0, 0.1) is 0 Å². The molecule has 0 bridgehead atoms. The second-order valence-corrected chi connectivity index (χ2v) is 9.33. The van der Waals surface area contributed by atoms with Gasteiger partial charge in [0.1, 0.15) is 5.75 Å². The fraction of sp³-hybridized carbons (Fsp3) is 0.538. The van der Waals surface area contributed by atoms with E-state index in [0.29, 0.717) is 5.75 Å². The zero-order valence-electron chi connectivity index (χ0n) is 18.2. The van der Waals surface area contributed by atoms with Crippen molar-refractivity contribution >= 4 is 0 Å². The first kappa shape index (κ1) is 22.5. The summed E-state index contributed by atoms with van der Waals surface area (Å²) in [5.41, 5.74) is 3.35. The fourth-order valence-electron chi connectivity index (χ4n) is 3.76. The number of phenols is 1. The van der Waals surface area contributed by atoms with Crippen molar-refractivity contribution in [3.8, 4) is 5.75 Å². The van der Waals surface area contributed by atoms with Gasteiger partial charge in [0.25, 0.3) is 0 Å². The van der Waals surface area contributed by atoms with Crippen LogP contribution in [0.25, 0.3) is 0 Å². The zero-order chi connectivity index (χ0) is 20.6. The Bertz CT molecular complexity index is 695. The maximum atomic E-state index is 11.3. The normalized spacial score (nSPS) is 14.0. The minimum Gasteiger partial charge on any atom is -0.508 e. The highest BCUT2D eigenvalue weighted by Gasteiger charge is 2.26. The van der Waals surface area contributed by atoms with Crippen molar-refractivity contribution < 1.29 is 10.2 Å². The number of hydrogen-bond donors (Lipinski definition) is 2. The molecule has 0 aliphatic rings. The lowest BCUT2D eigenvalue weighted by Gasteiger charge is -2.29. The van der Waals surface area contributed by atoms with Crippen molar-refractivity contribution in [3.63, 3.8) is 0 Å².